The Morgan fingerprint density at radius 1 is 1.36 bits per heavy atom. The molecule has 3 aromatic rings. The molecule has 1 amide bonds. The van der Waals surface area contributed by atoms with E-state index in [-0.39, 0.29) is 12.0 Å². The molecule has 0 aliphatic carbocycles. The van der Waals surface area contributed by atoms with Crippen molar-refractivity contribution in [1.82, 2.24) is 9.97 Å². The molecule has 6 nitrogen and oxygen atoms in total. The smallest absolute Gasteiger partial charge is 0.224 e. The van der Waals surface area contributed by atoms with Crippen LogP contribution in [0.5, 0.6) is 0 Å². The van der Waals surface area contributed by atoms with Gasteiger partial charge in [0.15, 0.2) is 0 Å². The predicted molar refractivity (Wildman–Crippen MR) is 94.4 cm³/mol. The summed E-state index contributed by atoms with van der Waals surface area (Å²) in [5.74, 6) is 2.52. The molecule has 0 radical (unpaired) electrons. The Kier molecular flexibility index (Phi) is 4.28. The van der Waals surface area contributed by atoms with Gasteiger partial charge in [-0.1, -0.05) is 0 Å². The molecule has 0 spiro atoms. The van der Waals surface area contributed by atoms with Crippen LogP contribution in [0.15, 0.2) is 34.7 Å². The molecule has 1 unspecified atom stereocenters. The SMILES string of the molecule is Cc1ccc(CCC(=O)Nc2ccc3nc(C4CCCO4)[nH]c3c2)o1. The van der Waals surface area contributed by atoms with Crippen LogP contribution in [-0.4, -0.2) is 22.5 Å². The fourth-order valence-corrected chi connectivity index (χ4v) is 3.13. The molecule has 1 aliphatic heterocycles. The summed E-state index contributed by atoms with van der Waals surface area (Å²) >= 11 is 0. The standard InChI is InChI=1S/C19H21N3O3/c1-12-4-6-14(25-12)7-9-18(23)20-13-5-8-15-16(11-13)22-19(21-15)17-3-2-10-24-17/h4-6,8,11,17H,2-3,7,9-10H2,1H3,(H,20,23)(H,21,22). The third-order valence-electron chi connectivity index (χ3n) is 4.41. The van der Waals surface area contributed by atoms with E-state index in [1.165, 1.54) is 0 Å². The second kappa shape index (κ2) is 6.72. The third-order valence-corrected chi connectivity index (χ3v) is 4.41. The van der Waals surface area contributed by atoms with E-state index in [9.17, 15) is 4.79 Å². The zero-order chi connectivity index (χ0) is 17.2. The maximum Gasteiger partial charge on any atom is 0.224 e. The minimum Gasteiger partial charge on any atom is -0.466 e. The Hall–Kier alpha value is -2.60. The normalized spacial score (nSPS) is 17.2. The van der Waals surface area contributed by atoms with E-state index >= 15 is 0 Å². The number of nitrogens with one attached hydrogen (secondary N) is 2. The monoisotopic (exact) mass is 339 g/mol. The topological polar surface area (TPSA) is 80.1 Å². The number of ether oxygens (including phenoxy) is 1. The second-order valence-electron chi connectivity index (χ2n) is 6.42. The van der Waals surface area contributed by atoms with Crippen molar-refractivity contribution in [2.45, 2.75) is 38.7 Å². The summed E-state index contributed by atoms with van der Waals surface area (Å²) in [5.41, 5.74) is 2.55. The Balaban J connectivity index is 1.41. The van der Waals surface area contributed by atoms with Gasteiger partial charge >= 0.3 is 0 Å². The molecule has 130 valence electrons. The Morgan fingerprint density at radius 3 is 3.04 bits per heavy atom. The first kappa shape index (κ1) is 15.9. The van der Waals surface area contributed by atoms with Gasteiger partial charge in [-0.3, -0.25) is 4.79 Å². The minimum absolute atomic E-state index is 0.0349. The van der Waals surface area contributed by atoms with Crippen molar-refractivity contribution in [3.63, 3.8) is 0 Å². The highest BCUT2D eigenvalue weighted by Gasteiger charge is 2.21. The lowest BCUT2D eigenvalue weighted by atomic mass is 10.2. The number of aromatic amines is 1. The maximum atomic E-state index is 12.1. The number of hydrogen-bond acceptors (Lipinski definition) is 4. The van der Waals surface area contributed by atoms with Crippen molar-refractivity contribution >= 4 is 22.6 Å². The van der Waals surface area contributed by atoms with E-state index in [1.807, 2.05) is 37.3 Å². The van der Waals surface area contributed by atoms with Gasteiger partial charge in [0.25, 0.3) is 0 Å². The number of rotatable bonds is 5. The molecular weight excluding hydrogens is 318 g/mol. The summed E-state index contributed by atoms with van der Waals surface area (Å²) < 4.78 is 11.2. The van der Waals surface area contributed by atoms with Gasteiger partial charge < -0.3 is 19.5 Å². The van der Waals surface area contributed by atoms with Crippen molar-refractivity contribution in [2.75, 3.05) is 11.9 Å². The highest BCUT2D eigenvalue weighted by molar-refractivity contribution is 5.93. The molecule has 1 saturated heterocycles. The minimum atomic E-state index is -0.0349. The Morgan fingerprint density at radius 2 is 2.28 bits per heavy atom. The van der Waals surface area contributed by atoms with E-state index in [2.05, 4.69) is 15.3 Å². The first-order chi connectivity index (χ1) is 12.2. The number of aryl methyl sites for hydroxylation is 2. The molecule has 3 heterocycles. The number of furan rings is 1. The zero-order valence-corrected chi connectivity index (χ0v) is 14.2. The third kappa shape index (κ3) is 3.58. The highest BCUT2D eigenvalue weighted by atomic mass is 16.5. The molecule has 4 rings (SSSR count). The van der Waals surface area contributed by atoms with Crippen molar-refractivity contribution in [1.29, 1.82) is 0 Å². The van der Waals surface area contributed by atoms with Gasteiger partial charge in [0.05, 0.1) is 11.0 Å². The fraction of sp³-hybridized carbons (Fsp3) is 0.368. The first-order valence-electron chi connectivity index (χ1n) is 8.64. The van der Waals surface area contributed by atoms with Crippen molar-refractivity contribution in [3.05, 3.63) is 47.7 Å². The number of aromatic nitrogens is 2. The average Bonchev–Trinajstić information content (AvgIpc) is 3.32. The van der Waals surface area contributed by atoms with Gasteiger partial charge in [0.2, 0.25) is 5.91 Å². The lowest BCUT2D eigenvalue weighted by Crippen LogP contribution is -2.12. The number of hydrogen-bond donors (Lipinski definition) is 2. The number of fused-ring (bicyclic) bond motifs is 1. The van der Waals surface area contributed by atoms with Crippen LogP contribution >= 0.6 is 0 Å². The van der Waals surface area contributed by atoms with Crippen LogP contribution in [0.3, 0.4) is 0 Å². The summed E-state index contributed by atoms with van der Waals surface area (Å²) in [6.45, 7) is 2.69. The van der Waals surface area contributed by atoms with Crippen LogP contribution in [0.2, 0.25) is 0 Å². The number of amides is 1. The number of carbonyl (C=O) groups is 1. The van der Waals surface area contributed by atoms with E-state index in [1.54, 1.807) is 0 Å². The molecule has 0 saturated carbocycles. The van der Waals surface area contributed by atoms with Crippen LogP contribution in [0.4, 0.5) is 5.69 Å². The quantitative estimate of drug-likeness (QED) is 0.739. The molecule has 6 heteroatoms. The van der Waals surface area contributed by atoms with Crippen LogP contribution in [0.25, 0.3) is 11.0 Å². The first-order valence-corrected chi connectivity index (χ1v) is 8.64. The summed E-state index contributed by atoms with van der Waals surface area (Å²) in [5, 5.41) is 2.93. The summed E-state index contributed by atoms with van der Waals surface area (Å²) in [6, 6.07) is 9.51. The molecule has 1 fully saturated rings. The molecule has 1 aliphatic rings. The van der Waals surface area contributed by atoms with Crippen LogP contribution in [0, 0.1) is 6.92 Å². The lowest BCUT2D eigenvalue weighted by Gasteiger charge is -2.04. The molecule has 2 aromatic heterocycles. The van der Waals surface area contributed by atoms with Gasteiger partial charge in [0.1, 0.15) is 23.4 Å². The van der Waals surface area contributed by atoms with Gasteiger partial charge in [0, 0.05) is 25.1 Å². The summed E-state index contributed by atoms with van der Waals surface area (Å²) in [6.07, 6.45) is 3.10. The van der Waals surface area contributed by atoms with Gasteiger partial charge in [-0.2, -0.15) is 0 Å². The number of H-pyrrole nitrogens is 1. The molecule has 0 bridgehead atoms. The van der Waals surface area contributed by atoms with Crippen molar-refractivity contribution < 1.29 is 13.9 Å². The van der Waals surface area contributed by atoms with Crippen LogP contribution in [-0.2, 0) is 16.0 Å². The molecule has 2 N–H and O–H groups in total. The van der Waals surface area contributed by atoms with Crippen LogP contribution < -0.4 is 5.32 Å². The van der Waals surface area contributed by atoms with Gasteiger partial charge in [-0.05, 0) is 50.1 Å². The molecule has 1 atom stereocenters. The molecule has 25 heavy (non-hydrogen) atoms. The number of benzene rings is 1. The Bertz CT molecular complexity index is 890. The number of imidazole rings is 1. The number of carbonyl (C=O) groups excluding carboxylic acids is 1. The lowest BCUT2D eigenvalue weighted by molar-refractivity contribution is -0.116. The summed E-state index contributed by atoms with van der Waals surface area (Å²) in [4.78, 5) is 20.0. The Labute approximate surface area is 145 Å². The predicted octanol–water partition coefficient (Wildman–Crippen LogP) is 3.89. The number of anilines is 1. The maximum absolute atomic E-state index is 12.1. The highest BCUT2D eigenvalue weighted by Crippen LogP contribution is 2.28. The van der Waals surface area contributed by atoms with Crippen LogP contribution in [0.1, 0.15) is 42.7 Å². The van der Waals surface area contributed by atoms with Crippen molar-refractivity contribution in [3.8, 4) is 0 Å². The van der Waals surface area contributed by atoms with E-state index in [0.29, 0.717) is 12.8 Å². The number of nitrogens with zero attached hydrogens (tertiary/aromatic N) is 1. The van der Waals surface area contributed by atoms with E-state index in [0.717, 1.165) is 53.5 Å². The molecular formula is C19H21N3O3. The largest absolute Gasteiger partial charge is 0.466 e. The second-order valence-corrected chi connectivity index (χ2v) is 6.42. The fourth-order valence-electron chi connectivity index (χ4n) is 3.13. The van der Waals surface area contributed by atoms with E-state index in [4.69, 9.17) is 9.15 Å². The zero-order valence-electron chi connectivity index (χ0n) is 14.2. The van der Waals surface area contributed by atoms with Crippen molar-refractivity contribution in [2.24, 2.45) is 0 Å². The average molecular weight is 339 g/mol. The van der Waals surface area contributed by atoms with E-state index < -0.39 is 0 Å². The van der Waals surface area contributed by atoms with Gasteiger partial charge in [-0.15, -0.1) is 0 Å². The van der Waals surface area contributed by atoms with Gasteiger partial charge in [-0.25, -0.2) is 4.98 Å². The summed E-state index contributed by atoms with van der Waals surface area (Å²) in [7, 11) is 0. The molecule has 1 aromatic carbocycles.